The maximum atomic E-state index is 6.31. The molecule has 0 saturated carbocycles. The Morgan fingerprint density at radius 1 is 0.459 bits per heavy atom. The van der Waals surface area contributed by atoms with Crippen LogP contribution in [0, 0.1) is 13.8 Å². The quantitative estimate of drug-likeness (QED) is 0.102. The number of oxime groups is 2. The van der Waals surface area contributed by atoms with Crippen LogP contribution in [-0.2, 0) is 9.68 Å². The van der Waals surface area contributed by atoms with E-state index in [0.29, 0.717) is 26.3 Å². The third-order valence-corrected chi connectivity index (χ3v) is 10.8. The van der Waals surface area contributed by atoms with E-state index in [9.17, 15) is 0 Å². The summed E-state index contributed by atoms with van der Waals surface area (Å²) in [6.07, 6.45) is -0.828. The highest BCUT2D eigenvalue weighted by molar-refractivity contribution is 6.11. The minimum Gasteiger partial charge on any atom is -0.492 e. The van der Waals surface area contributed by atoms with Gasteiger partial charge in [0, 0.05) is 39.3 Å². The van der Waals surface area contributed by atoms with Gasteiger partial charge < -0.3 is 24.0 Å². The first-order valence-corrected chi connectivity index (χ1v) is 20.6. The summed E-state index contributed by atoms with van der Waals surface area (Å²) in [5.41, 5.74) is 9.44. The first-order chi connectivity index (χ1) is 30.1. The lowest BCUT2D eigenvalue weighted by Crippen LogP contribution is -2.32. The predicted octanol–water partition coefficient (Wildman–Crippen LogP) is 11.1. The van der Waals surface area contributed by atoms with Gasteiger partial charge >= 0.3 is 0 Å². The Labute approximate surface area is 357 Å². The van der Waals surface area contributed by atoms with Gasteiger partial charge in [0.1, 0.15) is 24.7 Å². The standard InChI is InChI=1S/C52H47N5O4/c1-38-18-26-45(27-19-38)56-49(40-12-6-3-7-13-40)53-60-51(56)42-22-30-47(31-23-42)58-36-34-55(44-16-10-5-11-17-44)35-37-59-48-32-24-43(25-33-48)52-57(46-28-20-39(2)21-29-46)50(54-61-52)41-14-8-4-9-15-41/h3-33,51-52H,34-37H2,1-2H3. The smallest absolute Gasteiger partial charge is 0.231 e. The molecule has 0 amide bonds. The van der Waals surface area contributed by atoms with Crippen LogP contribution in [-0.4, -0.2) is 38.0 Å². The average molecular weight is 806 g/mol. The minimum absolute atomic E-state index is 0.414. The molecule has 2 atom stereocenters. The lowest BCUT2D eigenvalue weighted by molar-refractivity contribution is 0.0867. The Bertz CT molecular complexity index is 2390. The monoisotopic (exact) mass is 805 g/mol. The SMILES string of the molecule is Cc1ccc(N2C(c3ccccc3)=NOC2c2ccc(OCCN(CCOc3ccc(C4ON=C(c5ccccc5)N4c4ccc(C)cc4)cc3)c3ccccc3)cc2)cc1. The summed E-state index contributed by atoms with van der Waals surface area (Å²) in [6, 6.07) is 63.7. The van der Waals surface area contributed by atoms with Crippen molar-refractivity contribution in [3.8, 4) is 11.5 Å². The summed E-state index contributed by atoms with van der Waals surface area (Å²) in [7, 11) is 0. The second-order valence-corrected chi connectivity index (χ2v) is 15.0. The van der Waals surface area contributed by atoms with Crippen molar-refractivity contribution in [2.45, 2.75) is 26.3 Å². The van der Waals surface area contributed by atoms with Crippen LogP contribution in [0.4, 0.5) is 17.1 Å². The first-order valence-electron chi connectivity index (χ1n) is 20.6. The number of para-hydroxylation sites is 1. The highest BCUT2D eigenvalue weighted by Crippen LogP contribution is 2.37. The number of nitrogens with zero attached hydrogens (tertiary/aromatic N) is 5. The Balaban J connectivity index is 0.820. The number of anilines is 3. The van der Waals surface area contributed by atoms with E-state index < -0.39 is 12.5 Å². The second kappa shape index (κ2) is 18.2. The van der Waals surface area contributed by atoms with E-state index in [1.165, 1.54) is 11.1 Å². The summed E-state index contributed by atoms with van der Waals surface area (Å²) in [5, 5.41) is 9.08. The van der Waals surface area contributed by atoms with Crippen molar-refractivity contribution >= 4 is 28.7 Å². The second-order valence-electron chi connectivity index (χ2n) is 15.0. The molecule has 0 N–H and O–H groups in total. The maximum Gasteiger partial charge on any atom is 0.231 e. The Kier molecular flexibility index (Phi) is 11.6. The highest BCUT2D eigenvalue weighted by atomic mass is 16.7. The van der Waals surface area contributed by atoms with Crippen molar-refractivity contribution in [1.82, 2.24) is 0 Å². The third-order valence-electron chi connectivity index (χ3n) is 10.8. The van der Waals surface area contributed by atoms with E-state index >= 15 is 0 Å². The summed E-state index contributed by atoms with van der Waals surface area (Å²) in [4.78, 5) is 18.7. The molecule has 0 saturated heterocycles. The number of ether oxygens (including phenoxy) is 2. The van der Waals surface area contributed by atoms with Gasteiger partial charge in [0.2, 0.25) is 12.5 Å². The molecule has 0 aliphatic carbocycles. The zero-order valence-corrected chi connectivity index (χ0v) is 34.3. The minimum atomic E-state index is -0.414. The molecule has 9 nitrogen and oxygen atoms in total. The molecule has 7 aromatic carbocycles. The third kappa shape index (κ3) is 8.91. The van der Waals surface area contributed by atoms with Gasteiger partial charge in [-0.1, -0.05) is 125 Å². The Morgan fingerprint density at radius 3 is 1.23 bits per heavy atom. The van der Waals surface area contributed by atoms with E-state index in [1.807, 2.05) is 91.0 Å². The van der Waals surface area contributed by atoms with Gasteiger partial charge in [-0.15, -0.1) is 0 Å². The van der Waals surface area contributed by atoms with Crippen molar-refractivity contribution in [3.63, 3.8) is 0 Å². The first kappa shape index (κ1) is 39.0. The molecule has 0 bridgehead atoms. The summed E-state index contributed by atoms with van der Waals surface area (Å²) in [6.45, 7) is 6.50. The topological polar surface area (TPSA) is 71.4 Å². The van der Waals surface area contributed by atoms with Crippen LogP contribution in [0.1, 0.15) is 45.8 Å². The molecule has 0 fully saturated rings. The molecular weight excluding hydrogens is 759 g/mol. The number of hydrogen-bond donors (Lipinski definition) is 0. The van der Waals surface area contributed by atoms with Gasteiger partial charge in [0.15, 0.2) is 11.7 Å². The zero-order chi connectivity index (χ0) is 41.4. The molecule has 0 spiro atoms. The molecule has 2 aliphatic heterocycles. The molecule has 9 heteroatoms. The van der Waals surface area contributed by atoms with Gasteiger partial charge in [-0.3, -0.25) is 9.80 Å². The van der Waals surface area contributed by atoms with Crippen LogP contribution < -0.4 is 24.2 Å². The van der Waals surface area contributed by atoms with Crippen molar-refractivity contribution in [2.75, 3.05) is 41.0 Å². The molecule has 2 unspecified atom stereocenters. The molecule has 304 valence electrons. The van der Waals surface area contributed by atoms with E-state index in [4.69, 9.17) is 19.1 Å². The van der Waals surface area contributed by atoms with Gasteiger partial charge in [0.25, 0.3) is 0 Å². The molecule has 2 aliphatic rings. The lowest BCUT2D eigenvalue weighted by Gasteiger charge is -2.26. The fourth-order valence-corrected chi connectivity index (χ4v) is 7.52. The van der Waals surface area contributed by atoms with E-state index in [1.54, 1.807) is 0 Å². The van der Waals surface area contributed by atoms with E-state index in [-0.39, 0.29) is 0 Å². The lowest BCUT2D eigenvalue weighted by atomic mass is 10.1. The molecule has 0 radical (unpaired) electrons. The zero-order valence-electron chi connectivity index (χ0n) is 34.3. The van der Waals surface area contributed by atoms with Crippen LogP contribution in [0.2, 0.25) is 0 Å². The molecule has 0 aromatic heterocycles. The van der Waals surface area contributed by atoms with Crippen LogP contribution in [0.5, 0.6) is 11.5 Å². The van der Waals surface area contributed by atoms with Crippen LogP contribution in [0.3, 0.4) is 0 Å². The maximum absolute atomic E-state index is 6.31. The van der Waals surface area contributed by atoms with Gasteiger partial charge in [-0.2, -0.15) is 0 Å². The van der Waals surface area contributed by atoms with E-state index in [0.717, 1.165) is 62.5 Å². The summed E-state index contributed by atoms with van der Waals surface area (Å²) >= 11 is 0. The Hall–Kier alpha value is -7.52. The summed E-state index contributed by atoms with van der Waals surface area (Å²) < 4.78 is 12.6. The molecular formula is C52H47N5O4. The van der Waals surface area contributed by atoms with Crippen molar-refractivity contribution in [2.24, 2.45) is 10.3 Å². The van der Waals surface area contributed by atoms with Crippen LogP contribution in [0.25, 0.3) is 0 Å². The van der Waals surface area contributed by atoms with Crippen molar-refractivity contribution in [3.05, 3.63) is 221 Å². The van der Waals surface area contributed by atoms with Gasteiger partial charge in [-0.25, -0.2) is 0 Å². The van der Waals surface area contributed by atoms with Gasteiger partial charge in [-0.05, 0) is 98.8 Å². The predicted molar refractivity (Wildman–Crippen MR) is 243 cm³/mol. The number of rotatable bonds is 15. The van der Waals surface area contributed by atoms with Gasteiger partial charge in [0.05, 0.1) is 13.1 Å². The Morgan fingerprint density at radius 2 is 0.836 bits per heavy atom. The average Bonchev–Trinajstić information content (AvgIpc) is 3.97. The summed E-state index contributed by atoms with van der Waals surface area (Å²) in [5.74, 6) is 3.11. The fraction of sp³-hybridized carbons (Fsp3) is 0.154. The number of hydrogen-bond acceptors (Lipinski definition) is 9. The molecule has 61 heavy (non-hydrogen) atoms. The largest absolute Gasteiger partial charge is 0.492 e. The fourth-order valence-electron chi connectivity index (χ4n) is 7.52. The van der Waals surface area contributed by atoms with E-state index in [2.05, 4.69) is 136 Å². The normalized spacial score (nSPS) is 15.7. The van der Waals surface area contributed by atoms with Crippen molar-refractivity contribution < 1.29 is 19.1 Å². The molecule has 7 aromatic rings. The molecule has 2 heterocycles. The number of aryl methyl sites for hydroxylation is 2. The van der Waals surface area contributed by atoms with Crippen LogP contribution >= 0.6 is 0 Å². The number of amidine groups is 2. The highest BCUT2D eigenvalue weighted by Gasteiger charge is 2.35. The van der Waals surface area contributed by atoms with Crippen molar-refractivity contribution in [1.29, 1.82) is 0 Å². The number of benzene rings is 7. The van der Waals surface area contributed by atoms with Crippen LogP contribution in [0.15, 0.2) is 198 Å². The molecule has 9 rings (SSSR count).